The van der Waals surface area contributed by atoms with Crippen LogP contribution >= 0.6 is 0 Å². The van der Waals surface area contributed by atoms with Gasteiger partial charge in [-0.1, -0.05) is 13.8 Å². The van der Waals surface area contributed by atoms with Gasteiger partial charge in [-0.05, 0) is 19.1 Å². The first kappa shape index (κ1) is 14.3. The number of benzene rings is 1. The summed E-state index contributed by atoms with van der Waals surface area (Å²) < 4.78 is 39.6. The van der Waals surface area contributed by atoms with Gasteiger partial charge in [0.25, 0.3) is 5.56 Å². The van der Waals surface area contributed by atoms with Crippen LogP contribution in [0.25, 0.3) is 11.3 Å². The number of aromatic amines is 1. The van der Waals surface area contributed by atoms with E-state index in [-0.39, 0.29) is 28.3 Å². The molecule has 2 rings (SSSR count). The Balaban J connectivity index is 2.72. The number of nitrogens with zero attached hydrogens (tertiary/aromatic N) is 1. The molecule has 1 aromatic carbocycles. The Morgan fingerprint density at radius 3 is 2.20 bits per heavy atom. The molecule has 0 fully saturated rings. The summed E-state index contributed by atoms with van der Waals surface area (Å²) in [6.07, 6.45) is 0. The molecule has 1 heterocycles. The highest BCUT2D eigenvalue weighted by Crippen LogP contribution is 2.24. The van der Waals surface area contributed by atoms with Gasteiger partial charge in [0.15, 0.2) is 17.5 Å². The molecule has 0 aliphatic carbocycles. The lowest BCUT2D eigenvalue weighted by molar-refractivity contribution is 0.447. The van der Waals surface area contributed by atoms with Crippen LogP contribution < -0.4 is 5.56 Å². The van der Waals surface area contributed by atoms with Crippen LogP contribution in [0.4, 0.5) is 13.2 Å². The van der Waals surface area contributed by atoms with Crippen LogP contribution in [0.15, 0.2) is 16.9 Å². The SMILES string of the molecule is Cc1c(-c2cc(F)c(F)c(F)c2)nc(C(C)C)[nH]c1=O. The molecule has 20 heavy (non-hydrogen) atoms. The van der Waals surface area contributed by atoms with Gasteiger partial charge in [-0.3, -0.25) is 4.79 Å². The molecule has 0 saturated heterocycles. The van der Waals surface area contributed by atoms with E-state index in [0.717, 1.165) is 12.1 Å². The largest absolute Gasteiger partial charge is 0.310 e. The molecule has 0 aliphatic rings. The Morgan fingerprint density at radius 2 is 1.70 bits per heavy atom. The average molecular weight is 282 g/mol. The summed E-state index contributed by atoms with van der Waals surface area (Å²) in [6.45, 7) is 5.14. The minimum Gasteiger partial charge on any atom is -0.310 e. The van der Waals surface area contributed by atoms with Crippen molar-refractivity contribution in [1.29, 1.82) is 0 Å². The van der Waals surface area contributed by atoms with E-state index in [2.05, 4.69) is 9.97 Å². The van der Waals surface area contributed by atoms with E-state index < -0.39 is 17.5 Å². The average Bonchev–Trinajstić information content (AvgIpc) is 2.38. The first-order valence-corrected chi connectivity index (χ1v) is 6.07. The zero-order valence-electron chi connectivity index (χ0n) is 11.2. The standard InChI is InChI=1S/C14H13F3N2O/c1-6(2)13-18-12(7(3)14(20)19-13)8-4-9(15)11(17)10(16)5-8/h4-6H,1-3H3,(H,18,19,20). The third kappa shape index (κ3) is 2.45. The Bertz CT molecular complexity index is 700. The summed E-state index contributed by atoms with van der Waals surface area (Å²) in [5.41, 5.74) is 0.0193. The molecule has 0 bridgehead atoms. The highest BCUT2D eigenvalue weighted by atomic mass is 19.2. The van der Waals surface area contributed by atoms with Crippen LogP contribution in [-0.2, 0) is 0 Å². The molecule has 106 valence electrons. The predicted molar refractivity (Wildman–Crippen MR) is 69.0 cm³/mol. The minimum absolute atomic E-state index is 0.0342. The highest BCUT2D eigenvalue weighted by molar-refractivity contribution is 5.62. The molecular weight excluding hydrogens is 269 g/mol. The van der Waals surface area contributed by atoms with Crippen LogP contribution in [0.5, 0.6) is 0 Å². The summed E-state index contributed by atoms with van der Waals surface area (Å²) >= 11 is 0. The summed E-state index contributed by atoms with van der Waals surface area (Å²) in [7, 11) is 0. The Kier molecular flexibility index (Phi) is 3.65. The van der Waals surface area contributed by atoms with Crippen molar-refractivity contribution in [2.45, 2.75) is 26.7 Å². The smallest absolute Gasteiger partial charge is 0.254 e. The molecule has 0 aliphatic heterocycles. The Labute approximate surface area is 113 Å². The van der Waals surface area contributed by atoms with E-state index in [1.807, 2.05) is 13.8 Å². The molecule has 0 spiro atoms. The number of nitrogens with one attached hydrogen (secondary N) is 1. The summed E-state index contributed by atoms with van der Waals surface area (Å²) in [5.74, 6) is -3.82. The normalized spacial score (nSPS) is 11.2. The molecule has 2 aromatic rings. The number of hydrogen-bond donors (Lipinski definition) is 1. The van der Waals surface area contributed by atoms with Gasteiger partial charge >= 0.3 is 0 Å². The monoisotopic (exact) mass is 282 g/mol. The minimum atomic E-state index is -1.54. The van der Waals surface area contributed by atoms with E-state index in [1.54, 1.807) is 0 Å². The van der Waals surface area contributed by atoms with E-state index >= 15 is 0 Å². The van der Waals surface area contributed by atoms with Crippen molar-refractivity contribution in [3.8, 4) is 11.3 Å². The lowest BCUT2D eigenvalue weighted by Crippen LogP contribution is -2.17. The maximum atomic E-state index is 13.3. The van der Waals surface area contributed by atoms with Crippen molar-refractivity contribution in [3.63, 3.8) is 0 Å². The van der Waals surface area contributed by atoms with Gasteiger partial charge in [-0.2, -0.15) is 0 Å². The second-order valence-electron chi connectivity index (χ2n) is 4.83. The van der Waals surface area contributed by atoms with Gasteiger partial charge in [0, 0.05) is 17.0 Å². The van der Waals surface area contributed by atoms with Gasteiger partial charge in [0.2, 0.25) is 0 Å². The molecule has 0 radical (unpaired) electrons. The summed E-state index contributed by atoms with van der Waals surface area (Å²) in [6, 6.07) is 1.66. The van der Waals surface area contributed by atoms with E-state index in [0.29, 0.717) is 5.82 Å². The lowest BCUT2D eigenvalue weighted by atomic mass is 10.1. The molecule has 0 atom stereocenters. The molecule has 3 nitrogen and oxygen atoms in total. The van der Waals surface area contributed by atoms with Crippen LogP contribution in [0, 0.1) is 24.4 Å². The summed E-state index contributed by atoms with van der Waals surface area (Å²) in [5, 5.41) is 0. The quantitative estimate of drug-likeness (QED) is 0.859. The van der Waals surface area contributed by atoms with Crippen molar-refractivity contribution in [3.05, 3.63) is 51.3 Å². The van der Waals surface area contributed by atoms with Crippen molar-refractivity contribution >= 4 is 0 Å². The molecule has 1 aromatic heterocycles. The second-order valence-corrected chi connectivity index (χ2v) is 4.83. The Morgan fingerprint density at radius 1 is 1.15 bits per heavy atom. The first-order chi connectivity index (χ1) is 9.31. The van der Waals surface area contributed by atoms with Gasteiger partial charge < -0.3 is 4.98 Å². The molecule has 0 amide bonds. The maximum Gasteiger partial charge on any atom is 0.254 e. The Hall–Kier alpha value is -2.11. The lowest BCUT2D eigenvalue weighted by Gasteiger charge is -2.10. The predicted octanol–water partition coefficient (Wildman–Crippen LogP) is 3.29. The fraction of sp³-hybridized carbons (Fsp3) is 0.286. The third-order valence-corrected chi connectivity index (χ3v) is 2.97. The zero-order chi connectivity index (χ0) is 15.0. The van der Waals surface area contributed by atoms with Gasteiger partial charge in [0.05, 0.1) is 5.69 Å². The van der Waals surface area contributed by atoms with E-state index in [1.165, 1.54) is 6.92 Å². The van der Waals surface area contributed by atoms with Crippen LogP contribution in [0.2, 0.25) is 0 Å². The molecule has 1 N–H and O–H groups in total. The van der Waals surface area contributed by atoms with Crippen LogP contribution in [-0.4, -0.2) is 9.97 Å². The van der Waals surface area contributed by atoms with Gasteiger partial charge in [0.1, 0.15) is 5.82 Å². The number of halogens is 3. The van der Waals surface area contributed by atoms with Crippen molar-refractivity contribution in [1.82, 2.24) is 9.97 Å². The van der Waals surface area contributed by atoms with Gasteiger partial charge in [-0.15, -0.1) is 0 Å². The fourth-order valence-corrected chi connectivity index (χ4v) is 1.80. The third-order valence-electron chi connectivity index (χ3n) is 2.97. The fourth-order valence-electron chi connectivity index (χ4n) is 1.80. The molecule has 0 unspecified atom stereocenters. The first-order valence-electron chi connectivity index (χ1n) is 6.07. The van der Waals surface area contributed by atoms with Crippen molar-refractivity contribution in [2.75, 3.05) is 0 Å². The zero-order valence-corrected chi connectivity index (χ0v) is 11.2. The van der Waals surface area contributed by atoms with E-state index in [9.17, 15) is 18.0 Å². The molecule has 6 heteroatoms. The van der Waals surface area contributed by atoms with Crippen molar-refractivity contribution in [2.24, 2.45) is 0 Å². The highest BCUT2D eigenvalue weighted by Gasteiger charge is 2.16. The summed E-state index contributed by atoms with van der Waals surface area (Å²) in [4.78, 5) is 18.6. The van der Waals surface area contributed by atoms with Crippen LogP contribution in [0.3, 0.4) is 0 Å². The number of aromatic nitrogens is 2. The molecule has 0 saturated carbocycles. The van der Waals surface area contributed by atoms with E-state index in [4.69, 9.17) is 0 Å². The maximum absolute atomic E-state index is 13.3. The van der Waals surface area contributed by atoms with Gasteiger partial charge in [-0.25, -0.2) is 18.2 Å². The number of H-pyrrole nitrogens is 1. The second kappa shape index (κ2) is 5.11. The van der Waals surface area contributed by atoms with Crippen molar-refractivity contribution < 1.29 is 13.2 Å². The molecular formula is C14H13F3N2O. The number of rotatable bonds is 2. The number of hydrogen-bond acceptors (Lipinski definition) is 2. The topological polar surface area (TPSA) is 45.8 Å². The van der Waals surface area contributed by atoms with Crippen LogP contribution in [0.1, 0.15) is 31.2 Å².